The number of likely N-dealkylation sites (N-methyl/N-ethyl adjacent to an activating group) is 1. The van der Waals surface area contributed by atoms with E-state index >= 15 is 0 Å². The van der Waals surface area contributed by atoms with Crippen LogP contribution in [0.15, 0.2) is 36.5 Å². The number of rotatable bonds is 5. The summed E-state index contributed by atoms with van der Waals surface area (Å²) in [6.07, 6.45) is 6.11. The van der Waals surface area contributed by atoms with E-state index in [0.29, 0.717) is 30.0 Å². The van der Waals surface area contributed by atoms with Gasteiger partial charge in [0.15, 0.2) is 5.65 Å². The summed E-state index contributed by atoms with van der Waals surface area (Å²) in [5, 5.41) is 7.12. The van der Waals surface area contributed by atoms with Crippen LogP contribution < -0.4 is 5.32 Å². The van der Waals surface area contributed by atoms with Crippen LogP contribution in [-0.2, 0) is 0 Å². The molecule has 2 heterocycles. The maximum Gasteiger partial charge on any atom is 0.254 e. The van der Waals surface area contributed by atoms with Crippen LogP contribution in [-0.4, -0.2) is 52.6 Å². The van der Waals surface area contributed by atoms with E-state index in [0.717, 1.165) is 11.6 Å². The van der Waals surface area contributed by atoms with Crippen molar-refractivity contribution in [2.45, 2.75) is 33.1 Å². The lowest BCUT2D eigenvalue weighted by Gasteiger charge is -2.18. The lowest BCUT2D eigenvalue weighted by molar-refractivity contribution is 0.0947. The second kappa shape index (κ2) is 9.80. The molecule has 0 spiro atoms. The molecule has 160 valence electrons. The second-order valence-corrected chi connectivity index (χ2v) is 8.18. The summed E-state index contributed by atoms with van der Waals surface area (Å²) in [4.78, 5) is 18.3. The monoisotopic (exact) mass is 411 g/mol. The fourth-order valence-corrected chi connectivity index (χ4v) is 3.12. The number of carbonyl (C=O) groups excluding carboxylic acids is 1. The number of hydrogen-bond donors (Lipinski definition) is 1. The van der Waals surface area contributed by atoms with Gasteiger partial charge in [-0.15, -0.1) is 0 Å². The van der Waals surface area contributed by atoms with Gasteiger partial charge in [0.2, 0.25) is 0 Å². The molecule has 30 heavy (non-hydrogen) atoms. The molecule has 0 atom stereocenters. The molecule has 4 rings (SSSR count). The first kappa shape index (κ1) is 21.9. The van der Waals surface area contributed by atoms with E-state index in [1.165, 1.54) is 31.4 Å². The van der Waals surface area contributed by atoms with Crippen LogP contribution in [0.1, 0.15) is 42.2 Å². The van der Waals surface area contributed by atoms with Crippen LogP contribution in [0.25, 0.3) is 16.9 Å². The number of nitrogens with zero attached hydrogens (tertiary/aromatic N) is 4. The lowest BCUT2D eigenvalue weighted by atomic mass is 9.88. The first-order valence-electron chi connectivity index (χ1n) is 10.4. The van der Waals surface area contributed by atoms with Gasteiger partial charge < -0.3 is 10.2 Å². The van der Waals surface area contributed by atoms with Crippen LogP contribution >= 0.6 is 0 Å². The van der Waals surface area contributed by atoms with Gasteiger partial charge in [-0.25, -0.2) is 13.9 Å². The van der Waals surface area contributed by atoms with Crippen LogP contribution in [0.4, 0.5) is 4.39 Å². The molecule has 0 radical (unpaired) electrons. The Balaban J connectivity index is 0.000000448. The molecular weight excluding hydrogens is 381 g/mol. The average Bonchev–Trinajstić information content (AvgIpc) is 3.09. The average molecular weight is 412 g/mol. The summed E-state index contributed by atoms with van der Waals surface area (Å²) in [5.41, 5.74) is 2.85. The van der Waals surface area contributed by atoms with Crippen LogP contribution in [0.5, 0.6) is 0 Å². The topological polar surface area (TPSA) is 62.5 Å². The van der Waals surface area contributed by atoms with Gasteiger partial charge in [-0.05, 0) is 51.2 Å². The summed E-state index contributed by atoms with van der Waals surface area (Å²) >= 11 is 0. The van der Waals surface area contributed by atoms with Crippen molar-refractivity contribution in [3.8, 4) is 11.3 Å². The predicted molar refractivity (Wildman–Crippen MR) is 117 cm³/mol. The van der Waals surface area contributed by atoms with Crippen LogP contribution in [0, 0.1) is 18.7 Å². The fraction of sp³-hybridized carbons (Fsp3) is 0.435. The molecule has 1 amide bonds. The molecule has 2 aromatic heterocycles. The van der Waals surface area contributed by atoms with Gasteiger partial charge in [0.05, 0.1) is 23.1 Å². The maximum absolute atomic E-state index is 14.4. The van der Waals surface area contributed by atoms with E-state index in [4.69, 9.17) is 0 Å². The van der Waals surface area contributed by atoms with Gasteiger partial charge in [-0.2, -0.15) is 5.10 Å². The third kappa shape index (κ3) is 5.42. The Bertz CT molecular complexity index is 1010. The summed E-state index contributed by atoms with van der Waals surface area (Å²) in [6.45, 7) is 5.34. The third-order valence-corrected chi connectivity index (χ3v) is 5.24. The Morgan fingerprint density at radius 2 is 2.00 bits per heavy atom. The van der Waals surface area contributed by atoms with Crippen LogP contribution in [0.2, 0.25) is 0 Å². The first-order valence-corrected chi connectivity index (χ1v) is 10.4. The highest BCUT2D eigenvalue weighted by molar-refractivity contribution is 5.95. The number of aryl methyl sites for hydroxylation is 1. The predicted octanol–water partition coefficient (Wildman–Crippen LogP) is 3.94. The van der Waals surface area contributed by atoms with Crippen molar-refractivity contribution >= 4 is 11.6 Å². The molecular formula is C23H30FN5O. The highest BCUT2D eigenvalue weighted by Crippen LogP contribution is 2.24. The molecule has 1 saturated carbocycles. The zero-order valence-electron chi connectivity index (χ0n) is 18.2. The fourth-order valence-electron chi connectivity index (χ4n) is 3.12. The summed E-state index contributed by atoms with van der Waals surface area (Å²) in [5.74, 6) is 0.0791. The van der Waals surface area contributed by atoms with E-state index in [2.05, 4.69) is 22.3 Å². The zero-order chi connectivity index (χ0) is 21.7. The van der Waals surface area contributed by atoms with E-state index < -0.39 is 11.7 Å². The molecule has 3 aromatic rings. The molecule has 1 N–H and O–H groups in total. The molecule has 7 heteroatoms. The SMILES string of the molecule is CC1CCC1.Cc1ccc2ncc(-c3ccc(C(=O)NCCN(C)C)c(F)c3)n2n1. The number of carbonyl (C=O) groups is 1. The van der Waals surface area contributed by atoms with E-state index in [1.54, 1.807) is 16.8 Å². The second-order valence-electron chi connectivity index (χ2n) is 8.18. The van der Waals surface area contributed by atoms with Gasteiger partial charge in [-0.3, -0.25) is 4.79 Å². The molecule has 0 bridgehead atoms. The quantitative estimate of drug-likeness (QED) is 0.691. The summed E-state index contributed by atoms with van der Waals surface area (Å²) < 4.78 is 16.1. The molecule has 1 aliphatic rings. The Hall–Kier alpha value is -2.80. The van der Waals surface area contributed by atoms with E-state index in [-0.39, 0.29) is 5.56 Å². The minimum atomic E-state index is -0.567. The maximum atomic E-state index is 14.4. The lowest BCUT2D eigenvalue weighted by Crippen LogP contribution is -2.31. The van der Waals surface area contributed by atoms with Crippen molar-refractivity contribution in [3.05, 3.63) is 53.6 Å². The number of fused-ring (bicyclic) bond motifs is 1. The third-order valence-electron chi connectivity index (χ3n) is 5.24. The number of hydrogen-bond acceptors (Lipinski definition) is 4. The number of nitrogens with one attached hydrogen (secondary N) is 1. The van der Waals surface area contributed by atoms with Gasteiger partial charge in [-0.1, -0.05) is 32.3 Å². The van der Waals surface area contributed by atoms with Gasteiger partial charge in [0.25, 0.3) is 5.91 Å². The van der Waals surface area contributed by atoms with Crippen molar-refractivity contribution in [2.75, 3.05) is 27.2 Å². The number of aromatic nitrogens is 3. The normalized spacial score (nSPS) is 13.7. The van der Waals surface area contributed by atoms with E-state index in [1.807, 2.05) is 38.1 Å². The van der Waals surface area contributed by atoms with Gasteiger partial charge in [0, 0.05) is 18.7 Å². The summed E-state index contributed by atoms with van der Waals surface area (Å²) in [6, 6.07) is 8.26. The minimum Gasteiger partial charge on any atom is -0.351 e. The van der Waals surface area contributed by atoms with Gasteiger partial charge >= 0.3 is 0 Å². The molecule has 0 aliphatic heterocycles. The Morgan fingerprint density at radius 1 is 1.27 bits per heavy atom. The molecule has 6 nitrogen and oxygen atoms in total. The molecule has 0 saturated heterocycles. The van der Waals surface area contributed by atoms with Crippen molar-refractivity contribution in [3.63, 3.8) is 0 Å². The van der Waals surface area contributed by atoms with Crippen molar-refractivity contribution < 1.29 is 9.18 Å². The number of benzene rings is 1. The first-order chi connectivity index (χ1) is 14.3. The van der Waals surface area contributed by atoms with Crippen molar-refractivity contribution in [1.82, 2.24) is 24.8 Å². The Morgan fingerprint density at radius 3 is 2.60 bits per heavy atom. The van der Waals surface area contributed by atoms with Gasteiger partial charge in [0.1, 0.15) is 5.82 Å². The Labute approximate surface area is 177 Å². The largest absolute Gasteiger partial charge is 0.351 e. The minimum absolute atomic E-state index is 0.0282. The Kier molecular flexibility index (Phi) is 7.15. The zero-order valence-corrected chi connectivity index (χ0v) is 18.2. The number of halogens is 1. The number of imidazole rings is 1. The van der Waals surface area contributed by atoms with E-state index in [9.17, 15) is 9.18 Å². The smallest absolute Gasteiger partial charge is 0.254 e. The van der Waals surface area contributed by atoms with Crippen molar-refractivity contribution in [1.29, 1.82) is 0 Å². The highest BCUT2D eigenvalue weighted by atomic mass is 19.1. The van der Waals surface area contributed by atoms with Crippen LogP contribution in [0.3, 0.4) is 0 Å². The number of amides is 1. The molecule has 1 aliphatic carbocycles. The molecule has 0 unspecified atom stereocenters. The standard InChI is InChI=1S/C18H20FN5O.C5H10/c1-12-4-7-17-21-11-16(24(17)22-12)13-5-6-14(15(19)10-13)18(25)20-8-9-23(2)3;1-5-3-2-4-5/h4-7,10-11H,8-9H2,1-3H3,(H,20,25);5H,2-4H2,1H3. The molecule has 1 aromatic carbocycles. The molecule has 1 fully saturated rings. The summed E-state index contributed by atoms with van der Waals surface area (Å²) in [7, 11) is 3.82. The highest BCUT2D eigenvalue weighted by Gasteiger charge is 2.15. The van der Waals surface area contributed by atoms with Crippen molar-refractivity contribution in [2.24, 2.45) is 5.92 Å².